The summed E-state index contributed by atoms with van der Waals surface area (Å²) in [7, 11) is 2.16. The maximum atomic E-state index is 12.3. The van der Waals surface area contributed by atoms with Gasteiger partial charge in [0.2, 0.25) is 5.91 Å². The molecule has 26 heavy (non-hydrogen) atoms. The zero-order valence-electron chi connectivity index (χ0n) is 15.4. The number of hydrogen-bond donors (Lipinski definition) is 2. The molecule has 1 amide bonds. The summed E-state index contributed by atoms with van der Waals surface area (Å²) >= 11 is 0. The van der Waals surface area contributed by atoms with Crippen molar-refractivity contribution >= 4 is 17.3 Å². The van der Waals surface area contributed by atoms with Crippen LogP contribution in [0.15, 0.2) is 48.7 Å². The highest BCUT2D eigenvalue weighted by molar-refractivity contribution is 5.94. The molecular weight excluding hydrogens is 324 g/mol. The number of rotatable bonds is 7. The van der Waals surface area contributed by atoms with Gasteiger partial charge in [-0.1, -0.05) is 18.2 Å². The minimum atomic E-state index is 0.0542. The second-order valence-electron chi connectivity index (χ2n) is 6.99. The van der Waals surface area contributed by atoms with E-state index in [9.17, 15) is 4.79 Å². The first-order valence-electron chi connectivity index (χ1n) is 9.44. The largest absolute Gasteiger partial charge is 0.381 e. The van der Waals surface area contributed by atoms with Crippen LogP contribution in [0.5, 0.6) is 0 Å². The molecule has 1 aliphatic rings. The topological polar surface area (TPSA) is 57.3 Å². The van der Waals surface area contributed by atoms with Crippen molar-refractivity contribution in [1.29, 1.82) is 0 Å². The monoisotopic (exact) mass is 352 g/mol. The third kappa shape index (κ3) is 5.56. The molecule has 1 aromatic heterocycles. The van der Waals surface area contributed by atoms with Crippen molar-refractivity contribution in [2.24, 2.45) is 0 Å². The fraction of sp³-hybridized carbons (Fsp3) is 0.429. The Labute approximate surface area is 155 Å². The van der Waals surface area contributed by atoms with Crippen molar-refractivity contribution < 1.29 is 4.79 Å². The summed E-state index contributed by atoms with van der Waals surface area (Å²) in [6.45, 7) is 2.22. The van der Waals surface area contributed by atoms with E-state index < -0.39 is 0 Å². The number of piperidine rings is 1. The Morgan fingerprint density at radius 2 is 1.85 bits per heavy atom. The van der Waals surface area contributed by atoms with Crippen molar-refractivity contribution in [2.75, 3.05) is 30.8 Å². The first kappa shape index (κ1) is 18.4. The Hall–Kier alpha value is -2.40. The maximum absolute atomic E-state index is 12.3. The van der Waals surface area contributed by atoms with Gasteiger partial charge in [0, 0.05) is 24.4 Å². The molecule has 5 nitrogen and oxygen atoms in total. The van der Waals surface area contributed by atoms with Crippen LogP contribution in [0.2, 0.25) is 0 Å². The average molecular weight is 352 g/mol. The Kier molecular flexibility index (Phi) is 6.61. The van der Waals surface area contributed by atoms with Crippen molar-refractivity contribution in [2.45, 2.75) is 38.1 Å². The minimum absolute atomic E-state index is 0.0542. The number of nitrogens with one attached hydrogen (secondary N) is 2. The number of amides is 1. The predicted molar refractivity (Wildman–Crippen MR) is 106 cm³/mol. The van der Waals surface area contributed by atoms with Crippen molar-refractivity contribution in [1.82, 2.24) is 9.88 Å². The van der Waals surface area contributed by atoms with E-state index >= 15 is 0 Å². The molecule has 2 aromatic rings. The van der Waals surface area contributed by atoms with Gasteiger partial charge in [0.15, 0.2) is 0 Å². The number of aryl methyl sites for hydroxylation is 1. The van der Waals surface area contributed by atoms with Crippen LogP contribution in [-0.2, 0) is 11.2 Å². The van der Waals surface area contributed by atoms with E-state index in [4.69, 9.17) is 0 Å². The van der Waals surface area contributed by atoms with Crippen molar-refractivity contribution in [3.8, 4) is 0 Å². The Morgan fingerprint density at radius 1 is 1.12 bits per heavy atom. The van der Waals surface area contributed by atoms with Gasteiger partial charge in [-0.2, -0.15) is 0 Å². The van der Waals surface area contributed by atoms with Crippen LogP contribution in [-0.4, -0.2) is 42.0 Å². The molecule has 0 saturated carbocycles. The van der Waals surface area contributed by atoms with Gasteiger partial charge in [0.25, 0.3) is 0 Å². The molecule has 1 saturated heterocycles. The van der Waals surface area contributed by atoms with E-state index in [-0.39, 0.29) is 5.91 Å². The fourth-order valence-electron chi connectivity index (χ4n) is 3.28. The van der Waals surface area contributed by atoms with Gasteiger partial charge < -0.3 is 15.5 Å². The molecule has 0 aliphatic carbocycles. The van der Waals surface area contributed by atoms with Gasteiger partial charge in [-0.3, -0.25) is 9.78 Å². The highest BCUT2D eigenvalue weighted by Crippen LogP contribution is 2.24. The molecule has 0 spiro atoms. The molecule has 1 aromatic carbocycles. The Bertz CT molecular complexity index is 696. The number of nitrogens with zero attached hydrogens (tertiary/aromatic N) is 2. The lowest BCUT2D eigenvalue weighted by atomic mass is 10.0. The van der Waals surface area contributed by atoms with Crippen molar-refractivity contribution in [3.05, 3.63) is 54.4 Å². The van der Waals surface area contributed by atoms with Crippen LogP contribution in [0, 0.1) is 0 Å². The maximum Gasteiger partial charge on any atom is 0.224 e. The molecule has 0 radical (unpaired) electrons. The summed E-state index contributed by atoms with van der Waals surface area (Å²) in [5.74, 6) is 0.0542. The SMILES string of the molecule is CN1CCC(Nc2ccccc2NC(=O)CCCc2ccccn2)CC1. The smallest absolute Gasteiger partial charge is 0.224 e. The quantitative estimate of drug-likeness (QED) is 0.800. The molecule has 1 aliphatic heterocycles. The predicted octanol–water partition coefficient (Wildman–Crippen LogP) is 3.55. The molecule has 138 valence electrons. The van der Waals surface area contributed by atoms with Gasteiger partial charge >= 0.3 is 0 Å². The fourth-order valence-corrected chi connectivity index (χ4v) is 3.28. The summed E-state index contributed by atoms with van der Waals surface area (Å²) in [5.41, 5.74) is 2.92. The van der Waals surface area contributed by atoms with Crippen molar-refractivity contribution in [3.63, 3.8) is 0 Å². The third-order valence-corrected chi connectivity index (χ3v) is 4.84. The number of carbonyl (C=O) groups is 1. The molecule has 3 rings (SSSR count). The summed E-state index contributed by atoms with van der Waals surface area (Å²) in [5, 5.41) is 6.67. The molecule has 2 N–H and O–H groups in total. The number of anilines is 2. The molecule has 0 bridgehead atoms. The minimum Gasteiger partial charge on any atom is -0.381 e. The molecule has 0 atom stereocenters. The van der Waals surface area contributed by atoms with Crippen LogP contribution in [0.4, 0.5) is 11.4 Å². The van der Waals surface area contributed by atoms with E-state index in [1.807, 2.05) is 42.5 Å². The first-order chi connectivity index (χ1) is 12.7. The molecule has 1 fully saturated rings. The van der Waals surface area contributed by atoms with Gasteiger partial charge in [-0.25, -0.2) is 0 Å². The number of benzene rings is 1. The molecule has 0 unspecified atom stereocenters. The summed E-state index contributed by atoms with van der Waals surface area (Å²) in [4.78, 5) is 19.0. The third-order valence-electron chi connectivity index (χ3n) is 4.84. The zero-order chi connectivity index (χ0) is 18.2. The van der Waals surface area contributed by atoms with Gasteiger partial charge in [-0.05, 0) is 70.1 Å². The van der Waals surface area contributed by atoms with Crippen LogP contribution in [0.25, 0.3) is 0 Å². The number of likely N-dealkylation sites (tertiary alicyclic amines) is 1. The van der Waals surface area contributed by atoms with Crippen LogP contribution < -0.4 is 10.6 Å². The highest BCUT2D eigenvalue weighted by atomic mass is 16.1. The van der Waals surface area contributed by atoms with Gasteiger partial charge in [0.1, 0.15) is 0 Å². The number of pyridine rings is 1. The lowest BCUT2D eigenvalue weighted by Crippen LogP contribution is -2.36. The van der Waals surface area contributed by atoms with Crippen LogP contribution in [0.3, 0.4) is 0 Å². The van der Waals surface area contributed by atoms with Gasteiger partial charge in [-0.15, -0.1) is 0 Å². The Balaban J connectivity index is 1.50. The lowest BCUT2D eigenvalue weighted by molar-refractivity contribution is -0.116. The van der Waals surface area contributed by atoms with E-state index in [2.05, 4.69) is 27.6 Å². The lowest BCUT2D eigenvalue weighted by Gasteiger charge is -2.30. The van der Waals surface area contributed by atoms with E-state index in [0.29, 0.717) is 12.5 Å². The first-order valence-corrected chi connectivity index (χ1v) is 9.44. The Morgan fingerprint density at radius 3 is 2.58 bits per heavy atom. The summed E-state index contributed by atoms with van der Waals surface area (Å²) in [6.07, 6.45) is 6.17. The molecule has 2 heterocycles. The molecular formula is C21H28N4O. The van der Waals surface area contributed by atoms with E-state index in [1.165, 1.54) is 0 Å². The van der Waals surface area contributed by atoms with Crippen LogP contribution in [0.1, 0.15) is 31.4 Å². The number of hydrogen-bond acceptors (Lipinski definition) is 4. The normalized spacial score (nSPS) is 15.6. The number of para-hydroxylation sites is 2. The zero-order valence-corrected chi connectivity index (χ0v) is 15.4. The highest BCUT2D eigenvalue weighted by Gasteiger charge is 2.17. The second kappa shape index (κ2) is 9.34. The van der Waals surface area contributed by atoms with Crippen LogP contribution >= 0.6 is 0 Å². The second-order valence-corrected chi connectivity index (χ2v) is 6.99. The number of carbonyl (C=O) groups excluding carboxylic acids is 1. The summed E-state index contributed by atoms with van der Waals surface area (Å²) < 4.78 is 0. The number of aromatic nitrogens is 1. The van der Waals surface area contributed by atoms with E-state index in [0.717, 1.165) is 55.8 Å². The standard InChI is InChI=1S/C21H28N4O/c1-25-15-12-18(13-16-25)23-19-9-2-3-10-20(19)24-21(26)11-6-8-17-7-4-5-14-22-17/h2-5,7,9-10,14,18,23H,6,8,11-13,15-16H2,1H3,(H,24,26). The van der Waals surface area contributed by atoms with Gasteiger partial charge in [0.05, 0.1) is 11.4 Å². The molecule has 5 heteroatoms. The average Bonchev–Trinajstić information content (AvgIpc) is 2.66. The summed E-state index contributed by atoms with van der Waals surface area (Å²) in [6, 6.07) is 14.3. The van der Waals surface area contributed by atoms with E-state index in [1.54, 1.807) is 6.20 Å².